The van der Waals surface area contributed by atoms with Crippen LogP contribution in [0.25, 0.3) is 0 Å². The highest BCUT2D eigenvalue weighted by molar-refractivity contribution is 14.0. The number of benzene rings is 1. The Hall–Kier alpha value is -1.10. The molecule has 0 aromatic heterocycles. The highest BCUT2D eigenvalue weighted by Crippen LogP contribution is 2.27. The fourth-order valence-electron chi connectivity index (χ4n) is 4.22. The third kappa shape index (κ3) is 9.03. The van der Waals surface area contributed by atoms with E-state index in [9.17, 15) is 0 Å². The predicted molar refractivity (Wildman–Crippen MR) is 140 cm³/mol. The van der Waals surface area contributed by atoms with Crippen molar-refractivity contribution >= 4 is 29.9 Å². The van der Waals surface area contributed by atoms with Crippen LogP contribution in [-0.2, 0) is 9.47 Å². The van der Waals surface area contributed by atoms with E-state index in [1.165, 1.54) is 18.4 Å². The topological polar surface area (TPSA) is 67.4 Å². The Kier molecular flexibility index (Phi) is 13.3. The van der Waals surface area contributed by atoms with Crippen LogP contribution in [0.4, 0.5) is 0 Å². The number of nitrogens with zero attached hydrogens (tertiary/aromatic N) is 2. The Morgan fingerprint density at radius 1 is 1.22 bits per heavy atom. The Balaban J connectivity index is 0.00000363. The number of hydrogen-bond acceptors (Lipinski definition) is 5. The largest absolute Gasteiger partial charge is 0.497 e. The molecule has 0 aliphatic carbocycles. The number of nitrogens with one attached hydrogen (secondary N) is 2. The minimum atomic E-state index is 0. The van der Waals surface area contributed by atoms with Gasteiger partial charge in [0.05, 0.1) is 25.8 Å². The van der Waals surface area contributed by atoms with Gasteiger partial charge < -0.3 is 24.8 Å². The van der Waals surface area contributed by atoms with Gasteiger partial charge in [-0.2, -0.15) is 0 Å². The minimum Gasteiger partial charge on any atom is -0.497 e. The first-order chi connectivity index (χ1) is 15.3. The van der Waals surface area contributed by atoms with E-state index in [0.717, 1.165) is 83.5 Å². The number of ether oxygens (including phenoxy) is 3. The molecule has 2 heterocycles. The van der Waals surface area contributed by atoms with Crippen LogP contribution in [0.15, 0.2) is 29.3 Å². The first-order valence-electron chi connectivity index (χ1n) is 11.9. The van der Waals surface area contributed by atoms with E-state index in [4.69, 9.17) is 19.2 Å². The van der Waals surface area contributed by atoms with Gasteiger partial charge in [-0.05, 0) is 69.8 Å². The highest BCUT2D eigenvalue weighted by Gasteiger charge is 2.23. The van der Waals surface area contributed by atoms with Crippen molar-refractivity contribution in [2.45, 2.75) is 51.2 Å². The van der Waals surface area contributed by atoms with E-state index < -0.39 is 0 Å². The SMILES string of the molecule is CCNC(=NCC(c1cccc(OC)c1)N1CCCC1)NCCCOC1CCOCC1.I. The van der Waals surface area contributed by atoms with Crippen molar-refractivity contribution < 1.29 is 14.2 Å². The molecular weight excluding hydrogens is 519 g/mol. The lowest BCUT2D eigenvalue weighted by Crippen LogP contribution is -2.39. The Bertz CT molecular complexity index is 664. The summed E-state index contributed by atoms with van der Waals surface area (Å²) in [5.74, 6) is 1.78. The van der Waals surface area contributed by atoms with E-state index in [2.05, 4.69) is 40.7 Å². The van der Waals surface area contributed by atoms with Gasteiger partial charge in [0.15, 0.2) is 5.96 Å². The first kappa shape index (κ1) is 27.1. The molecule has 2 N–H and O–H groups in total. The van der Waals surface area contributed by atoms with Crippen molar-refractivity contribution in [3.05, 3.63) is 29.8 Å². The van der Waals surface area contributed by atoms with Gasteiger partial charge in [-0.15, -0.1) is 24.0 Å². The summed E-state index contributed by atoms with van der Waals surface area (Å²) in [7, 11) is 1.72. The number of likely N-dealkylation sites (tertiary alicyclic amines) is 1. The van der Waals surface area contributed by atoms with Gasteiger partial charge in [0, 0.05) is 32.9 Å². The molecule has 2 fully saturated rings. The maximum atomic E-state index is 5.97. The lowest BCUT2D eigenvalue weighted by Gasteiger charge is -2.27. The van der Waals surface area contributed by atoms with Crippen LogP contribution in [-0.4, -0.2) is 76.6 Å². The van der Waals surface area contributed by atoms with Crippen molar-refractivity contribution in [3.63, 3.8) is 0 Å². The minimum absolute atomic E-state index is 0. The molecule has 0 bridgehead atoms. The van der Waals surface area contributed by atoms with Gasteiger partial charge in [0.25, 0.3) is 0 Å². The monoisotopic (exact) mass is 560 g/mol. The molecule has 1 unspecified atom stereocenters. The number of guanidine groups is 1. The molecule has 182 valence electrons. The molecular formula is C24H41IN4O3. The van der Waals surface area contributed by atoms with Crippen molar-refractivity contribution in [2.75, 3.05) is 59.7 Å². The maximum Gasteiger partial charge on any atom is 0.191 e. The molecule has 0 saturated carbocycles. The zero-order valence-electron chi connectivity index (χ0n) is 19.7. The van der Waals surface area contributed by atoms with Crippen molar-refractivity contribution in [1.82, 2.24) is 15.5 Å². The van der Waals surface area contributed by atoms with Crippen LogP contribution in [0.3, 0.4) is 0 Å². The van der Waals surface area contributed by atoms with E-state index in [1.54, 1.807) is 7.11 Å². The third-order valence-electron chi connectivity index (χ3n) is 5.96. The van der Waals surface area contributed by atoms with Crippen LogP contribution in [0.1, 0.15) is 50.6 Å². The molecule has 1 aromatic rings. The summed E-state index contributed by atoms with van der Waals surface area (Å²) in [6.45, 7) is 9.21. The van der Waals surface area contributed by atoms with Gasteiger partial charge in [-0.3, -0.25) is 9.89 Å². The average Bonchev–Trinajstić information content (AvgIpc) is 3.34. The smallest absolute Gasteiger partial charge is 0.191 e. The summed E-state index contributed by atoms with van der Waals surface area (Å²) in [6.07, 6.45) is 5.87. The van der Waals surface area contributed by atoms with Gasteiger partial charge in [0.2, 0.25) is 0 Å². The summed E-state index contributed by atoms with van der Waals surface area (Å²) < 4.78 is 16.8. The lowest BCUT2D eigenvalue weighted by molar-refractivity contribution is -0.0320. The second kappa shape index (κ2) is 15.7. The van der Waals surface area contributed by atoms with Crippen molar-refractivity contribution in [2.24, 2.45) is 4.99 Å². The molecule has 2 aliphatic rings. The molecule has 1 aromatic carbocycles. The molecule has 0 spiro atoms. The van der Waals surface area contributed by atoms with E-state index >= 15 is 0 Å². The number of methoxy groups -OCH3 is 1. The van der Waals surface area contributed by atoms with Crippen molar-refractivity contribution in [3.8, 4) is 5.75 Å². The average molecular weight is 561 g/mol. The number of rotatable bonds is 11. The number of hydrogen-bond donors (Lipinski definition) is 2. The fraction of sp³-hybridized carbons (Fsp3) is 0.708. The fourth-order valence-corrected chi connectivity index (χ4v) is 4.22. The summed E-state index contributed by atoms with van der Waals surface area (Å²) >= 11 is 0. The predicted octanol–water partition coefficient (Wildman–Crippen LogP) is 3.59. The number of aliphatic imine (C=N–C) groups is 1. The standard InChI is InChI=1S/C24H40N4O3.HI/c1-3-25-24(26-12-7-15-31-21-10-16-30-17-11-21)27-19-23(28-13-4-5-14-28)20-8-6-9-22(18-20)29-2;/h6,8-9,18,21,23H,3-5,7,10-17,19H2,1-2H3,(H2,25,26,27);1H. The zero-order chi connectivity index (χ0) is 21.7. The Labute approximate surface area is 210 Å². The molecule has 7 nitrogen and oxygen atoms in total. The van der Waals surface area contributed by atoms with E-state index in [0.29, 0.717) is 6.10 Å². The third-order valence-corrected chi connectivity index (χ3v) is 5.96. The quantitative estimate of drug-likeness (QED) is 0.187. The molecule has 8 heteroatoms. The second-order valence-corrected chi connectivity index (χ2v) is 8.22. The van der Waals surface area contributed by atoms with Crippen LogP contribution in [0.2, 0.25) is 0 Å². The summed E-state index contributed by atoms with van der Waals surface area (Å²) in [4.78, 5) is 7.48. The Morgan fingerprint density at radius 3 is 2.72 bits per heavy atom. The molecule has 3 rings (SSSR count). The van der Waals surface area contributed by atoms with Gasteiger partial charge in [0.1, 0.15) is 5.75 Å². The highest BCUT2D eigenvalue weighted by atomic mass is 127. The van der Waals surface area contributed by atoms with Crippen LogP contribution in [0, 0.1) is 0 Å². The van der Waals surface area contributed by atoms with Gasteiger partial charge in [-0.25, -0.2) is 0 Å². The van der Waals surface area contributed by atoms with Gasteiger partial charge in [-0.1, -0.05) is 12.1 Å². The summed E-state index contributed by atoms with van der Waals surface area (Å²) in [5.41, 5.74) is 1.27. The van der Waals surface area contributed by atoms with E-state index in [-0.39, 0.29) is 30.0 Å². The summed E-state index contributed by atoms with van der Waals surface area (Å²) in [5, 5.41) is 6.85. The van der Waals surface area contributed by atoms with Crippen LogP contribution >= 0.6 is 24.0 Å². The normalized spacial score (nSPS) is 18.8. The van der Waals surface area contributed by atoms with Crippen LogP contribution in [0.5, 0.6) is 5.75 Å². The molecule has 0 radical (unpaired) electrons. The molecule has 2 aliphatic heterocycles. The van der Waals surface area contributed by atoms with Crippen LogP contribution < -0.4 is 15.4 Å². The molecule has 0 amide bonds. The molecule has 2 saturated heterocycles. The molecule has 32 heavy (non-hydrogen) atoms. The second-order valence-electron chi connectivity index (χ2n) is 8.22. The zero-order valence-corrected chi connectivity index (χ0v) is 22.0. The molecule has 1 atom stereocenters. The Morgan fingerprint density at radius 2 is 2.00 bits per heavy atom. The van der Waals surface area contributed by atoms with Gasteiger partial charge >= 0.3 is 0 Å². The first-order valence-corrected chi connectivity index (χ1v) is 11.9. The maximum absolute atomic E-state index is 5.97. The summed E-state index contributed by atoms with van der Waals surface area (Å²) in [6, 6.07) is 8.68. The lowest BCUT2D eigenvalue weighted by atomic mass is 10.1. The number of halogens is 1. The van der Waals surface area contributed by atoms with Crippen molar-refractivity contribution in [1.29, 1.82) is 0 Å². The van der Waals surface area contributed by atoms with E-state index in [1.807, 2.05) is 6.07 Å².